The van der Waals surface area contributed by atoms with Crippen LogP contribution in [0.3, 0.4) is 0 Å². The molecule has 1 N–H and O–H groups in total. The Morgan fingerprint density at radius 3 is 2.86 bits per heavy atom. The van der Waals surface area contributed by atoms with Crippen molar-refractivity contribution in [1.82, 2.24) is 20.1 Å². The SMILES string of the molecule is CC(C)n1cnnc1[C@@H]1CNC[C@H]1C. The summed E-state index contributed by atoms with van der Waals surface area (Å²) in [5.74, 6) is 2.33. The van der Waals surface area contributed by atoms with Crippen LogP contribution in [0.25, 0.3) is 0 Å². The molecule has 4 nitrogen and oxygen atoms in total. The Morgan fingerprint density at radius 1 is 1.50 bits per heavy atom. The Morgan fingerprint density at radius 2 is 2.29 bits per heavy atom. The Balaban J connectivity index is 2.26. The van der Waals surface area contributed by atoms with Crippen LogP contribution in [0.1, 0.15) is 38.6 Å². The van der Waals surface area contributed by atoms with E-state index in [2.05, 4.69) is 40.9 Å². The molecule has 0 unspecified atom stereocenters. The smallest absolute Gasteiger partial charge is 0.137 e. The van der Waals surface area contributed by atoms with Crippen molar-refractivity contribution in [3.8, 4) is 0 Å². The maximum atomic E-state index is 4.24. The standard InChI is InChI=1S/C10H18N4/c1-7(2)14-6-12-13-10(14)9-5-11-4-8(9)3/h6-9,11H,4-5H2,1-3H3/t8-,9-/m1/s1. The second-order valence-corrected chi connectivity index (χ2v) is 4.43. The van der Waals surface area contributed by atoms with Crippen LogP contribution in [0.15, 0.2) is 6.33 Å². The molecule has 0 radical (unpaired) electrons. The van der Waals surface area contributed by atoms with E-state index in [1.54, 1.807) is 0 Å². The van der Waals surface area contributed by atoms with Gasteiger partial charge < -0.3 is 9.88 Å². The number of nitrogens with zero attached hydrogens (tertiary/aromatic N) is 3. The lowest BCUT2D eigenvalue weighted by molar-refractivity contribution is 0.485. The Bertz CT molecular complexity index is 305. The highest BCUT2D eigenvalue weighted by molar-refractivity contribution is 5.04. The van der Waals surface area contributed by atoms with E-state index in [-0.39, 0.29) is 0 Å². The third kappa shape index (κ3) is 1.54. The number of hydrogen-bond acceptors (Lipinski definition) is 3. The van der Waals surface area contributed by atoms with E-state index < -0.39 is 0 Å². The van der Waals surface area contributed by atoms with Gasteiger partial charge in [-0.25, -0.2) is 0 Å². The molecule has 0 amide bonds. The van der Waals surface area contributed by atoms with Gasteiger partial charge in [0.05, 0.1) is 0 Å². The quantitative estimate of drug-likeness (QED) is 0.768. The number of hydrogen-bond donors (Lipinski definition) is 1. The summed E-state index contributed by atoms with van der Waals surface area (Å²) >= 11 is 0. The molecule has 0 saturated carbocycles. The Labute approximate surface area is 84.7 Å². The second kappa shape index (κ2) is 3.69. The molecule has 78 valence electrons. The van der Waals surface area contributed by atoms with E-state index in [1.807, 2.05) is 6.33 Å². The van der Waals surface area contributed by atoms with Crippen molar-refractivity contribution in [2.45, 2.75) is 32.7 Å². The minimum atomic E-state index is 0.452. The van der Waals surface area contributed by atoms with E-state index in [1.165, 1.54) is 0 Å². The minimum absolute atomic E-state index is 0.452. The first kappa shape index (κ1) is 9.65. The van der Waals surface area contributed by atoms with Crippen molar-refractivity contribution in [3.63, 3.8) is 0 Å². The molecule has 1 aromatic heterocycles. The van der Waals surface area contributed by atoms with Crippen LogP contribution in [0.5, 0.6) is 0 Å². The fourth-order valence-electron chi connectivity index (χ4n) is 2.07. The van der Waals surface area contributed by atoms with Crippen LogP contribution in [0.2, 0.25) is 0 Å². The highest BCUT2D eigenvalue weighted by Gasteiger charge is 2.29. The van der Waals surface area contributed by atoms with Gasteiger partial charge in [-0.2, -0.15) is 0 Å². The summed E-state index contributed by atoms with van der Waals surface area (Å²) in [6.45, 7) is 8.73. The third-order valence-electron chi connectivity index (χ3n) is 3.01. The summed E-state index contributed by atoms with van der Waals surface area (Å²) in [5, 5.41) is 11.6. The molecule has 0 spiro atoms. The number of nitrogens with one attached hydrogen (secondary N) is 1. The van der Waals surface area contributed by atoms with Crippen molar-refractivity contribution in [2.24, 2.45) is 5.92 Å². The minimum Gasteiger partial charge on any atom is -0.316 e. The van der Waals surface area contributed by atoms with Crippen molar-refractivity contribution in [2.75, 3.05) is 13.1 Å². The molecule has 2 atom stereocenters. The molecule has 0 bridgehead atoms. The molecule has 1 saturated heterocycles. The summed E-state index contributed by atoms with van der Waals surface area (Å²) in [4.78, 5) is 0. The average Bonchev–Trinajstić information content (AvgIpc) is 2.70. The highest BCUT2D eigenvalue weighted by atomic mass is 15.3. The van der Waals surface area contributed by atoms with Gasteiger partial charge in [-0.1, -0.05) is 6.92 Å². The fraction of sp³-hybridized carbons (Fsp3) is 0.800. The highest BCUT2D eigenvalue weighted by Crippen LogP contribution is 2.27. The summed E-state index contributed by atoms with van der Waals surface area (Å²) in [7, 11) is 0. The van der Waals surface area contributed by atoms with Gasteiger partial charge in [-0.05, 0) is 26.3 Å². The Hall–Kier alpha value is -0.900. The Kier molecular flexibility index (Phi) is 2.54. The molecule has 1 fully saturated rings. The molecule has 2 heterocycles. The molecular weight excluding hydrogens is 176 g/mol. The van der Waals surface area contributed by atoms with Gasteiger partial charge in [0.1, 0.15) is 12.2 Å². The van der Waals surface area contributed by atoms with Gasteiger partial charge >= 0.3 is 0 Å². The lowest BCUT2D eigenvalue weighted by Gasteiger charge is -2.17. The van der Waals surface area contributed by atoms with Gasteiger partial charge in [-0.15, -0.1) is 10.2 Å². The summed E-state index contributed by atoms with van der Waals surface area (Å²) in [5.41, 5.74) is 0. The topological polar surface area (TPSA) is 42.7 Å². The first-order chi connectivity index (χ1) is 6.70. The van der Waals surface area contributed by atoms with Crippen LogP contribution >= 0.6 is 0 Å². The zero-order valence-corrected chi connectivity index (χ0v) is 9.07. The molecule has 1 aliphatic rings. The van der Waals surface area contributed by atoms with Gasteiger partial charge in [0.25, 0.3) is 0 Å². The molecule has 0 aromatic carbocycles. The van der Waals surface area contributed by atoms with Crippen LogP contribution in [0.4, 0.5) is 0 Å². The van der Waals surface area contributed by atoms with Crippen molar-refractivity contribution < 1.29 is 0 Å². The van der Waals surface area contributed by atoms with Crippen molar-refractivity contribution >= 4 is 0 Å². The summed E-state index contributed by atoms with van der Waals surface area (Å²) < 4.78 is 2.17. The summed E-state index contributed by atoms with van der Waals surface area (Å²) in [6, 6.07) is 0.452. The van der Waals surface area contributed by atoms with Crippen molar-refractivity contribution in [1.29, 1.82) is 0 Å². The molecular formula is C10H18N4. The molecule has 1 aliphatic heterocycles. The predicted octanol–water partition coefficient (Wildman–Crippen LogP) is 1.18. The third-order valence-corrected chi connectivity index (χ3v) is 3.01. The van der Waals surface area contributed by atoms with Gasteiger partial charge in [0, 0.05) is 18.5 Å². The van der Waals surface area contributed by atoms with E-state index in [9.17, 15) is 0 Å². The van der Waals surface area contributed by atoms with Gasteiger partial charge in [-0.3, -0.25) is 0 Å². The molecule has 14 heavy (non-hydrogen) atoms. The van der Waals surface area contributed by atoms with E-state index in [4.69, 9.17) is 0 Å². The normalized spacial score (nSPS) is 27.4. The average molecular weight is 194 g/mol. The van der Waals surface area contributed by atoms with E-state index in [0.29, 0.717) is 17.9 Å². The van der Waals surface area contributed by atoms with E-state index in [0.717, 1.165) is 18.9 Å². The van der Waals surface area contributed by atoms with Crippen LogP contribution in [-0.2, 0) is 0 Å². The van der Waals surface area contributed by atoms with Crippen LogP contribution in [-0.4, -0.2) is 27.9 Å². The van der Waals surface area contributed by atoms with Gasteiger partial charge in [0.2, 0.25) is 0 Å². The second-order valence-electron chi connectivity index (χ2n) is 4.43. The first-order valence-electron chi connectivity index (χ1n) is 5.30. The maximum Gasteiger partial charge on any atom is 0.137 e. The summed E-state index contributed by atoms with van der Waals surface area (Å²) in [6.07, 6.45) is 1.84. The van der Waals surface area contributed by atoms with Crippen LogP contribution < -0.4 is 5.32 Å². The van der Waals surface area contributed by atoms with Crippen LogP contribution in [0, 0.1) is 5.92 Å². The molecule has 1 aromatic rings. The molecule has 2 rings (SSSR count). The maximum absolute atomic E-state index is 4.24. The monoisotopic (exact) mass is 194 g/mol. The van der Waals surface area contributed by atoms with Crippen molar-refractivity contribution in [3.05, 3.63) is 12.2 Å². The number of aromatic nitrogens is 3. The van der Waals surface area contributed by atoms with E-state index >= 15 is 0 Å². The molecule has 4 heteroatoms. The lowest BCUT2D eigenvalue weighted by atomic mass is 9.97. The lowest BCUT2D eigenvalue weighted by Crippen LogP contribution is -2.15. The fourth-order valence-corrected chi connectivity index (χ4v) is 2.07. The predicted molar refractivity (Wildman–Crippen MR) is 55.2 cm³/mol. The zero-order valence-electron chi connectivity index (χ0n) is 9.07. The zero-order chi connectivity index (χ0) is 10.1. The van der Waals surface area contributed by atoms with Gasteiger partial charge in [0.15, 0.2) is 0 Å². The number of rotatable bonds is 2. The molecule has 0 aliphatic carbocycles. The largest absolute Gasteiger partial charge is 0.316 e. The first-order valence-corrected chi connectivity index (χ1v) is 5.30.